The van der Waals surface area contributed by atoms with Crippen LogP contribution >= 0.6 is 0 Å². The van der Waals surface area contributed by atoms with E-state index in [1.807, 2.05) is 0 Å². The Hall–Kier alpha value is -1.85. The van der Waals surface area contributed by atoms with Gasteiger partial charge in [0.25, 0.3) is 0 Å². The Morgan fingerprint density at radius 2 is 1.92 bits per heavy atom. The van der Waals surface area contributed by atoms with Gasteiger partial charge < -0.3 is 4.52 Å². The molecule has 0 saturated heterocycles. The molecule has 2 aromatic heterocycles. The van der Waals surface area contributed by atoms with E-state index in [1.165, 1.54) is 12.7 Å². The van der Waals surface area contributed by atoms with Crippen molar-refractivity contribution < 1.29 is 4.52 Å². The van der Waals surface area contributed by atoms with Gasteiger partial charge in [0, 0.05) is 6.92 Å². The van der Waals surface area contributed by atoms with Crippen molar-refractivity contribution in [2.75, 3.05) is 0 Å². The second kappa shape index (κ2) is 2.65. The van der Waals surface area contributed by atoms with E-state index in [0.29, 0.717) is 17.5 Å². The third kappa shape index (κ3) is 1.14. The highest BCUT2D eigenvalue weighted by Gasteiger charge is 2.06. The minimum atomic E-state index is 0.384. The van der Waals surface area contributed by atoms with Gasteiger partial charge in [-0.3, -0.25) is 0 Å². The van der Waals surface area contributed by atoms with E-state index in [4.69, 9.17) is 4.52 Å². The molecule has 0 bridgehead atoms. The van der Waals surface area contributed by atoms with E-state index in [1.54, 1.807) is 6.92 Å². The van der Waals surface area contributed by atoms with Crippen LogP contribution in [0.25, 0.3) is 11.6 Å². The molecule has 12 heavy (non-hydrogen) atoms. The number of rotatable bonds is 1. The van der Waals surface area contributed by atoms with E-state index in [0.717, 1.165) is 0 Å². The number of nitrogens with zero attached hydrogens (tertiary/aromatic N) is 5. The van der Waals surface area contributed by atoms with Crippen LogP contribution in [0.2, 0.25) is 0 Å². The lowest BCUT2D eigenvalue weighted by Gasteiger charge is -1.86. The summed E-state index contributed by atoms with van der Waals surface area (Å²) in [6.45, 7) is 1.71. The fourth-order valence-electron chi connectivity index (χ4n) is 0.745. The number of hydrogen-bond acceptors (Lipinski definition) is 6. The van der Waals surface area contributed by atoms with Gasteiger partial charge in [-0.2, -0.15) is 4.98 Å². The Morgan fingerprint density at radius 1 is 1.17 bits per heavy atom. The zero-order valence-corrected chi connectivity index (χ0v) is 6.30. The highest BCUT2D eigenvalue weighted by molar-refractivity contribution is 5.39. The maximum Gasteiger partial charge on any atom is 0.240 e. The molecular formula is C6H5N5O. The van der Waals surface area contributed by atoms with Gasteiger partial charge in [0.2, 0.25) is 17.5 Å². The van der Waals surface area contributed by atoms with Crippen molar-refractivity contribution in [2.24, 2.45) is 0 Å². The van der Waals surface area contributed by atoms with Gasteiger partial charge in [-0.25, -0.2) is 15.0 Å². The maximum absolute atomic E-state index is 4.76. The Bertz CT molecular complexity index is 370. The summed E-state index contributed by atoms with van der Waals surface area (Å²) in [6, 6.07) is 0. The van der Waals surface area contributed by atoms with Crippen LogP contribution in [0.15, 0.2) is 17.2 Å². The number of aromatic nitrogens is 5. The van der Waals surface area contributed by atoms with Crippen molar-refractivity contribution >= 4 is 0 Å². The smallest absolute Gasteiger partial charge is 0.240 e. The molecule has 0 unspecified atom stereocenters. The van der Waals surface area contributed by atoms with Crippen LogP contribution < -0.4 is 0 Å². The summed E-state index contributed by atoms with van der Waals surface area (Å²) >= 11 is 0. The van der Waals surface area contributed by atoms with Gasteiger partial charge in [-0.15, -0.1) is 0 Å². The molecule has 0 atom stereocenters. The van der Waals surface area contributed by atoms with Gasteiger partial charge in [-0.1, -0.05) is 5.16 Å². The highest BCUT2D eigenvalue weighted by atomic mass is 16.5. The van der Waals surface area contributed by atoms with Gasteiger partial charge in [0.05, 0.1) is 0 Å². The molecule has 2 rings (SSSR count). The minimum absolute atomic E-state index is 0.384. The molecule has 0 N–H and O–H groups in total. The van der Waals surface area contributed by atoms with Gasteiger partial charge in [0.15, 0.2) is 0 Å². The fraction of sp³-hybridized carbons (Fsp3) is 0.167. The van der Waals surface area contributed by atoms with E-state index < -0.39 is 0 Å². The molecule has 2 aromatic rings. The Balaban J connectivity index is 2.45. The molecule has 0 fully saturated rings. The first-order chi connectivity index (χ1) is 5.86. The molecule has 2 heterocycles. The quantitative estimate of drug-likeness (QED) is 0.598. The van der Waals surface area contributed by atoms with Crippen molar-refractivity contribution in [3.8, 4) is 11.6 Å². The van der Waals surface area contributed by atoms with Crippen LogP contribution in [0, 0.1) is 6.92 Å². The molecule has 6 heteroatoms. The van der Waals surface area contributed by atoms with Gasteiger partial charge in [-0.05, 0) is 0 Å². The topological polar surface area (TPSA) is 77.6 Å². The van der Waals surface area contributed by atoms with Crippen molar-refractivity contribution in [1.29, 1.82) is 0 Å². The van der Waals surface area contributed by atoms with E-state index in [2.05, 4.69) is 25.1 Å². The molecule has 0 aliphatic heterocycles. The molecule has 0 aromatic carbocycles. The predicted octanol–water partition coefficient (Wildman–Crippen LogP) is 0.230. The summed E-state index contributed by atoms with van der Waals surface area (Å²) in [7, 11) is 0. The molecule has 0 radical (unpaired) electrons. The lowest BCUT2D eigenvalue weighted by Crippen LogP contribution is -1.90. The lowest BCUT2D eigenvalue weighted by molar-refractivity contribution is 0.394. The van der Waals surface area contributed by atoms with Crippen molar-refractivity contribution in [3.63, 3.8) is 0 Å². The van der Waals surface area contributed by atoms with Gasteiger partial charge >= 0.3 is 0 Å². The third-order valence-corrected chi connectivity index (χ3v) is 1.22. The van der Waals surface area contributed by atoms with Crippen LogP contribution in [0.4, 0.5) is 0 Å². The Kier molecular flexibility index (Phi) is 1.51. The summed E-state index contributed by atoms with van der Waals surface area (Å²) in [6.07, 6.45) is 2.77. The lowest BCUT2D eigenvalue weighted by atomic mass is 10.6. The van der Waals surface area contributed by atoms with Crippen molar-refractivity contribution in [2.45, 2.75) is 6.92 Å². The van der Waals surface area contributed by atoms with Gasteiger partial charge in [0.1, 0.15) is 12.7 Å². The maximum atomic E-state index is 4.76. The van der Waals surface area contributed by atoms with Crippen molar-refractivity contribution in [1.82, 2.24) is 25.1 Å². The third-order valence-electron chi connectivity index (χ3n) is 1.22. The van der Waals surface area contributed by atoms with Crippen LogP contribution in [-0.4, -0.2) is 25.1 Å². The van der Waals surface area contributed by atoms with E-state index in [9.17, 15) is 0 Å². The van der Waals surface area contributed by atoms with Crippen molar-refractivity contribution in [3.05, 3.63) is 18.5 Å². The zero-order valence-electron chi connectivity index (χ0n) is 6.30. The summed E-state index contributed by atoms with van der Waals surface area (Å²) in [5.41, 5.74) is 0. The fourth-order valence-corrected chi connectivity index (χ4v) is 0.745. The van der Waals surface area contributed by atoms with Crippen LogP contribution in [0.3, 0.4) is 0 Å². The summed E-state index contributed by atoms with van der Waals surface area (Å²) < 4.78 is 4.76. The highest BCUT2D eigenvalue weighted by Crippen LogP contribution is 2.06. The molecule has 0 spiro atoms. The first-order valence-corrected chi connectivity index (χ1v) is 3.29. The first-order valence-electron chi connectivity index (χ1n) is 3.29. The summed E-state index contributed by atoms with van der Waals surface area (Å²) in [5.74, 6) is 1.29. The molecule has 0 amide bonds. The molecule has 6 nitrogen and oxygen atoms in total. The largest absolute Gasteiger partial charge is 0.339 e. The monoisotopic (exact) mass is 163 g/mol. The molecule has 0 aliphatic carbocycles. The molecule has 0 saturated carbocycles. The standard InChI is InChI=1S/C6H5N5O/c1-4-10-6(11-12-4)5-8-2-7-3-9-5/h2-3H,1H3. The van der Waals surface area contributed by atoms with Crippen LogP contribution in [0.1, 0.15) is 5.89 Å². The van der Waals surface area contributed by atoms with Crippen LogP contribution in [0.5, 0.6) is 0 Å². The minimum Gasteiger partial charge on any atom is -0.339 e. The average Bonchev–Trinajstić information content (AvgIpc) is 2.54. The number of hydrogen-bond donors (Lipinski definition) is 0. The second-order valence-electron chi connectivity index (χ2n) is 2.10. The number of aryl methyl sites for hydroxylation is 1. The molecule has 60 valence electrons. The zero-order chi connectivity index (χ0) is 8.39. The predicted molar refractivity (Wildman–Crippen MR) is 37.9 cm³/mol. The van der Waals surface area contributed by atoms with E-state index in [-0.39, 0.29) is 0 Å². The summed E-state index contributed by atoms with van der Waals surface area (Å²) in [5, 5.41) is 3.65. The SMILES string of the molecule is Cc1nc(-c2ncncn2)no1. The Morgan fingerprint density at radius 3 is 2.50 bits per heavy atom. The van der Waals surface area contributed by atoms with Crippen LogP contribution in [-0.2, 0) is 0 Å². The normalized spacial score (nSPS) is 10.1. The molecule has 0 aliphatic rings. The Labute approximate surface area is 67.7 Å². The van der Waals surface area contributed by atoms with E-state index >= 15 is 0 Å². The first kappa shape index (κ1) is 6.84. The second-order valence-corrected chi connectivity index (χ2v) is 2.10. The molecular weight excluding hydrogens is 158 g/mol. The summed E-state index contributed by atoms with van der Waals surface area (Å²) in [4.78, 5) is 15.3. The average molecular weight is 163 g/mol.